The van der Waals surface area contributed by atoms with Gasteiger partial charge in [0.1, 0.15) is 5.82 Å². The number of pyridine rings is 1. The van der Waals surface area contributed by atoms with Gasteiger partial charge in [0.05, 0.1) is 11.9 Å². The van der Waals surface area contributed by atoms with E-state index in [1.54, 1.807) is 6.92 Å². The van der Waals surface area contributed by atoms with Gasteiger partial charge < -0.3 is 0 Å². The molecule has 1 saturated heterocycles. The molecule has 27 heavy (non-hydrogen) atoms. The van der Waals surface area contributed by atoms with Crippen molar-refractivity contribution in [2.24, 2.45) is 7.05 Å². The Hall–Kier alpha value is -2.84. The summed E-state index contributed by atoms with van der Waals surface area (Å²) in [4.78, 5) is 6.95. The highest BCUT2D eigenvalue weighted by atomic mass is 15.3. The number of fused-ring (bicyclic) bond motifs is 1. The number of nitrogens with one attached hydrogen (secondary N) is 1. The van der Waals surface area contributed by atoms with Crippen LogP contribution < -0.4 is 5.32 Å². The Kier molecular flexibility index (Phi) is 5.08. The lowest BCUT2D eigenvalue weighted by molar-refractivity contribution is 0.216. The first-order chi connectivity index (χ1) is 13.2. The SMILES string of the molecule is CC#CNc1cc2cc(-c3cnn(C)c3CN3CCCCC3)ccc2cn1. The molecule has 5 nitrogen and oxygen atoms in total. The lowest BCUT2D eigenvalue weighted by Gasteiger charge is -2.26. The van der Waals surface area contributed by atoms with Crippen LogP contribution in [-0.2, 0) is 13.6 Å². The van der Waals surface area contributed by atoms with E-state index in [0.717, 1.165) is 23.1 Å². The Bertz CT molecular complexity index is 1000. The van der Waals surface area contributed by atoms with E-state index in [1.165, 1.54) is 49.2 Å². The van der Waals surface area contributed by atoms with Crippen LogP contribution >= 0.6 is 0 Å². The highest BCUT2D eigenvalue weighted by molar-refractivity contribution is 5.88. The van der Waals surface area contributed by atoms with Crippen LogP contribution in [-0.4, -0.2) is 32.8 Å². The molecule has 138 valence electrons. The summed E-state index contributed by atoms with van der Waals surface area (Å²) < 4.78 is 2.02. The normalized spacial score (nSPS) is 14.7. The van der Waals surface area contributed by atoms with E-state index in [9.17, 15) is 0 Å². The van der Waals surface area contributed by atoms with E-state index in [2.05, 4.69) is 50.5 Å². The van der Waals surface area contributed by atoms with Crippen molar-refractivity contribution in [2.75, 3.05) is 18.4 Å². The quantitative estimate of drug-likeness (QED) is 0.565. The molecule has 0 saturated carbocycles. The Labute approximate surface area is 160 Å². The maximum atomic E-state index is 4.54. The van der Waals surface area contributed by atoms with Crippen LogP contribution in [0.3, 0.4) is 0 Å². The second-order valence-corrected chi connectivity index (χ2v) is 7.10. The molecular formula is C22H25N5. The summed E-state index contributed by atoms with van der Waals surface area (Å²) in [6.45, 7) is 5.13. The number of piperidine rings is 1. The zero-order valence-corrected chi connectivity index (χ0v) is 16.0. The smallest absolute Gasteiger partial charge is 0.138 e. The van der Waals surface area contributed by atoms with Gasteiger partial charge in [0.15, 0.2) is 0 Å². The average molecular weight is 359 g/mol. The first kappa shape index (κ1) is 17.6. The predicted molar refractivity (Wildman–Crippen MR) is 110 cm³/mol. The van der Waals surface area contributed by atoms with Gasteiger partial charge in [-0.05, 0) is 55.9 Å². The number of hydrogen-bond donors (Lipinski definition) is 1. The highest BCUT2D eigenvalue weighted by Gasteiger charge is 2.17. The Morgan fingerprint density at radius 3 is 2.74 bits per heavy atom. The fraction of sp³-hybridized carbons (Fsp3) is 0.364. The van der Waals surface area contributed by atoms with E-state index >= 15 is 0 Å². The van der Waals surface area contributed by atoms with Crippen LogP contribution in [0.15, 0.2) is 36.7 Å². The molecular weight excluding hydrogens is 334 g/mol. The zero-order chi connectivity index (χ0) is 18.6. The summed E-state index contributed by atoms with van der Waals surface area (Å²) in [5, 5.41) is 9.83. The third-order valence-corrected chi connectivity index (χ3v) is 5.23. The molecule has 3 heterocycles. The van der Waals surface area contributed by atoms with E-state index in [4.69, 9.17) is 0 Å². The van der Waals surface area contributed by atoms with Gasteiger partial charge in [-0.3, -0.25) is 14.9 Å². The molecule has 0 amide bonds. The van der Waals surface area contributed by atoms with E-state index in [1.807, 2.05) is 30.2 Å². The molecule has 4 rings (SSSR count). The van der Waals surface area contributed by atoms with Gasteiger partial charge in [-0.15, -0.1) is 0 Å². The fourth-order valence-corrected chi connectivity index (χ4v) is 3.72. The third kappa shape index (κ3) is 3.81. The Morgan fingerprint density at radius 1 is 1.07 bits per heavy atom. The summed E-state index contributed by atoms with van der Waals surface area (Å²) in [6, 6.07) is 11.4. The second-order valence-electron chi connectivity index (χ2n) is 7.10. The van der Waals surface area contributed by atoms with Crippen molar-refractivity contribution in [3.63, 3.8) is 0 Å². The van der Waals surface area contributed by atoms with Crippen LogP contribution in [0.5, 0.6) is 0 Å². The van der Waals surface area contributed by atoms with Crippen molar-refractivity contribution in [3.05, 3.63) is 42.4 Å². The number of rotatable bonds is 4. The van der Waals surface area contributed by atoms with Crippen LogP contribution in [0.1, 0.15) is 31.9 Å². The molecule has 1 aromatic carbocycles. The van der Waals surface area contributed by atoms with Gasteiger partial charge in [0, 0.05) is 36.8 Å². The second kappa shape index (κ2) is 7.81. The number of hydrogen-bond acceptors (Lipinski definition) is 4. The van der Waals surface area contributed by atoms with Gasteiger partial charge in [-0.25, -0.2) is 4.98 Å². The van der Waals surface area contributed by atoms with Gasteiger partial charge in [-0.2, -0.15) is 5.10 Å². The van der Waals surface area contributed by atoms with Crippen molar-refractivity contribution in [1.29, 1.82) is 0 Å². The lowest BCUT2D eigenvalue weighted by Crippen LogP contribution is -2.30. The molecule has 5 heteroatoms. The molecule has 0 unspecified atom stereocenters. The van der Waals surface area contributed by atoms with Crippen LogP contribution in [0.4, 0.5) is 5.82 Å². The average Bonchev–Trinajstić information content (AvgIpc) is 3.07. The third-order valence-electron chi connectivity index (χ3n) is 5.23. The number of aryl methyl sites for hydroxylation is 1. The molecule has 0 aliphatic carbocycles. The van der Waals surface area contributed by atoms with E-state index in [-0.39, 0.29) is 0 Å². The Balaban J connectivity index is 1.67. The molecule has 0 bridgehead atoms. The summed E-state index contributed by atoms with van der Waals surface area (Å²) in [7, 11) is 2.04. The van der Waals surface area contributed by atoms with Crippen molar-refractivity contribution < 1.29 is 0 Å². The number of benzene rings is 1. The molecule has 1 fully saturated rings. The minimum atomic E-state index is 0.772. The van der Waals surface area contributed by atoms with Gasteiger partial charge in [0.2, 0.25) is 0 Å². The molecule has 2 aromatic heterocycles. The minimum absolute atomic E-state index is 0.772. The largest absolute Gasteiger partial charge is 0.299 e. The molecule has 0 radical (unpaired) electrons. The molecule has 1 N–H and O–H groups in total. The van der Waals surface area contributed by atoms with Crippen molar-refractivity contribution >= 4 is 16.6 Å². The number of aromatic nitrogens is 3. The van der Waals surface area contributed by atoms with Crippen molar-refractivity contribution in [3.8, 4) is 23.1 Å². The topological polar surface area (TPSA) is 46.0 Å². The first-order valence-electron chi connectivity index (χ1n) is 9.56. The van der Waals surface area contributed by atoms with Crippen LogP contribution in [0, 0.1) is 12.0 Å². The molecule has 1 aliphatic rings. The fourth-order valence-electron chi connectivity index (χ4n) is 3.72. The first-order valence-corrected chi connectivity index (χ1v) is 9.56. The maximum Gasteiger partial charge on any atom is 0.138 e. The lowest BCUT2D eigenvalue weighted by atomic mass is 10.0. The van der Waals surface area contributed by atoms with E-state index < -0.39 is 0 Å². The van der Waals surface area contributed by atoms with Gasteiger partial charge >= 0.3 is 0 Å². The molecule has 0 atom stereocenters. The monoisotopic (exact) mass is 359 g/mol. The summed E-state index contributed by atoms with van der Waals surface area (Å²) in [6.07, 6.45) is 7.82. The van der Waals surface area contributed by atoms with Crippen molar-refractivity contribution in [1.82, 2.24) is 19.7 Å². The zero-order valence-electron chi connectivity index (χ0n) is 16.0. The van der Waals surface area contributed by atoms with Crippen molar-refractivity contribution in [2.45, 2.75) is 32.7 Å². The Morgan fingerprint density at radius 2 is 1.93 bits per heavy atom. The van der Waals surface area contributed by atoms with Gasteiger partial charge in [0.25, 0.3) is 0 Å². The number of nitrogens with zero attached hydrogens (tertiary/aromatic N) is 4. The minimum Gasteiger partial charge on any atom is -0.299 e. The van der Waals surface area contributed by atoms with Crippen LogP contribution in [0.2, 0.25) is 0 Å². The highest BCUT2D eigenvalue weighted by Crippen LogP contribution is 2.29. The number of anilines is 1. The summed E-state index contributed by atoms with van der Waals surface area (Å²) in [5.74, 6) is 3.61. The molecule has 1 aliphatic heterocycles. The van der Waals surface area contributed by atoms with Crippen LogP contribution in [0.25, 0.3) is 21.9 Å². The maximum absolute atomic E-state index is 4.54. The summed E-state index contributed by atoms with van der Waals surface area (Å²) >= 11 is 0. The van der Waals surface area contributed by atoms with Gasteiger partial charge in [-0.1, -0.05) is 24.5 Å². The molecule has 0 spiro atoms. The van der Waals surface area contributed by atoms with E-state index in [0.29, 0.717) is 0 Å². The predicted octanol–water partition coefficient (Wildman–Crippen LogP) is 4.01. The summed E-state index contributed by atoms with van der Waals surface area (Å²) in [5.41, 5.74) is 3.69. The standard InChI is InChI=1S/C22H25N5/c1-3-9-23-22-13-19-12-17(7-8-18(19)14-24-22)20-15-25-26(2)21(20)16-27-10-5-4-6-11-27/h7-8,12-15H,4-6,10-11,16H2,1-2H3,(H,23,24). The molecule has 3 aromatic rings. The number of likely N-dealkylation sites (tertiary alicyclic amines) is 1.